The van der Waals surface area contributed by atoms with Crippen molar-refractivity contribution in [2.24, 2.45) is 0 Å². The largest absolute Gasteiger partial charge is 0.351 e. The third-order valence-corrected chi connectivity index (χ3v) is 5.31. The average molecular weight is 409 g/mol. The molecule has 8 heteroatoms. The lowest BCUT2D eigenvalue weighted by molar-refractivity contribution is 0.249. The molecule has 1 aliphatic heterocycles. The second kappa shape index (κ2) is 7.53. The monoisotopic (exact) mass is 407 g/mol. The van der Waals surface area contributed by atoms with Crippen molar-refractivity contribution in [2.45, 2.75) is 6.54 Å². The molecule has 4 rings (SSSR count). The maximum Gasteiger partial charge on any atom is 0.180 e. The van der Waals surface area contributed by atoms with Crippen LogP contribution in [-0.2, 0) is 6.54 Å². The van der Waals surface area contributed by atoms with Crippen LogP contribution in [0, 0.1) is 0 Å². The van der Waals surface area contributed by atoms with Crippen molar-refractivity contribution in [3.63, 3.8) is 0 Å². The predicted octanol–water partition coefficient (Wildman–Crippen LogP) is 4.31. The second-order valence-corrected chi connectivity index (χ2v) is 7.38. The van der Waals surface area contributed by atoms with E-state index in [-0.39, 0.29) is 0 Å². The average Bonchev–Trinajstić information content (AvgIpc) is 2.65. The Morgan fingerprint density at radius 3 is 2.58 bits per heavy atom. The van der Waals surface area contributed by atoms with E-state index in [9.17, 15) is 0 Å². The van der Waals surface area contributed by atoms with E-state index in [0.29, 0.717) is 27.2 Å². The summed E-state index contributed by atoms with van der Waals surface area (Å²) in [5, 5.41) is 1.86. The first-order valence-corrected chi connectivity index (χ1v) is 9.43. The van der Waals surface area contributed by atoms with E-state index in [1.54, 1.807) is 12.3 Å². The Morgan fingerprint density at radius 1 is 0.962 bits per heavy atom. The maximum atomic E-state index is 6.35. The van der Waals surface area contributed by atoms with E-state index >= 15 is 0 Å². The first kappa shape index (κ1) is 17.7. The predicted molar refractivity (Wildman–Crippen MR) is 106 cm³/mol. The summed E-state index contributed by atoms with van der Waals surface area (Å²) < 4.78 is 0. The van der Waals surface area contributed by atoms with E-state index in [4.69, 9.17) is 34.8 Å². The lowest BCUT2D eigenvalue weighted by atomic mass is 10.2. The minimum atomic E-state index is 0.414. The number of nitrogens with zero attached hydrogens (tertiary/aromatic N) is 5. The molecular formula is C18H16Cl3N5. The van der Waals surface area contributed by atoms with Gasteiger partial charge in [0.25, 0.3) is 0 Å². The molecule has 134 valence electrons. The molecule has 0 bridgehead atoms. The van der Waals surface area contributed by atoms with Gasteiger partial charge in [-0.1, -0.05) is 34.8 Å². The molecule has 3 heterocycles. The number of anilines is 1. The van der Waals surface area contributed by atoms with Crippen LogP contribution in [-0.4, -0.2) is 46.0 Å². The summed E-state index contributed by atoms with van der Waals surface area (Å²) in [7, 11) is 0. The Hall–Kier alpha value is -1.66. The highest BCUT2D eigenvalue weighted by molar-refractivity contribution is 6.33. The number of halogens is 3. The maximum absolute atomic E-state index is 6.35. The number of hydrogen-bond donors (Lipinski definition) is 0. The molecular weight excluding hydrogens is 393 g/mol. The van der Waals surface area contributed by atoms with Gasteiger partial charge in [0.15, 0.2) is 16.6 Å². The minimum Gasteiger partial charge on any atom is -0.351 e. The highest BCUT2D eigenvalue weighted by atomic mass is 35.5. The quantitative estimate of drug-likeness (QED) is 0.646. The summed E-state index contributed by atoms with van der Waals surface area (Å²) in [6.07, 6.45) is 1.71. The van der Waals surface area contributed by atoms with Gasteiger partial charge < -0.3 is 4.90 Å². The summed E-state index contributed by atoms with van der Waals surface area (Å²) in [5.74, 6) is 0.693. The van der Waals surface area contributed by atoms with Crippen molar-refractivity contribution in [1.29, 1.82) is 0 Å². The normalized spacial score (nSPS) is 15.6. The molecule has 0 aliphatic carbocycles. The molecule has 0 saturated carbocycles. The number of aromatic nitrogens is 3. The first-order chi connectivity index (χ1) is 12.6. The first-order valence-electron chi connectivity index (χ1n) is 8.29. The number of pyridine rings is 1. The summed E-state index contributed by atoms with van der Waals surface area (Å²) in [4.78, 5) is 17.8. The van der Waals surface area contributed by atoms with Crippen LogP contribution in [0.2, 0.25) is 15.2 Å². The van der Waals surface area contributed by atoms with Crippen LogP contribution in [0.25, 0.3) is 11.2 Å². The fraction of sp³-hybridized carbons (Fsp3) is 0.278. The number of benzene rings is 1. The van der Waals surface area contributed by atoms with Gasteiger partial charge in [0.1, 0.15) is 5.52 Å². The van der Waals surface area contributed by atoms with Crippen molar-refractivity contribution < 1.29 is 0 Å². The molecule has 2 aromatic heterocycles. The summed E-state index contributed by atoms with van der Waals surface area (Å²) in [6, 6.07) is 9.25. The highest BCUT2D eigenvalue weighted by Crippen LogP contribution is 2.26. The van der Waals surface area contributed by atoms with Gasteiger partial charge in [-0.25, -0.2) is 15.0 Å². The van der Waals surface area contributed by atoms with Crippen molar-refractivity contribution in [2.75, 3.05) is 31.1 Å². The van der Waals surface area contributed by atoms with Crippen LogP contribution in [0.5, 0.6) is 0 Å². The molecule has 5 nitrogen and oxygen atoms in total. The van der Waals surface area contributed by atoms with Crippen molar-refractivity contribution in [1.82, 2.24) is 19.9 Å². The molecule has 1 saturated heterocycles. The zero-order valence-corrected chi connectivity index (χ0v) is 16.1. The zero-order chi connectivity index (χ0) is 18.1. The van der Waals surface area contributed by atoms with Crippen molar-refractivity contribution in [3.05, 3.63) is 57.3 Å². The van der Waals surface area contributed by atoms with E-state index in [0.717, 1.165) is 43.3 Å². The summed E-state index contributed by atoms with van der Waals surface area (Å²) in [6.45, 7) is 4.14. The van der Waals surface area contributed by atoms with Gasteiger partial charge in [-0.2, -0.15) is 0 Å². The molecule has 26 heavy (non-hydrogen) atoms. The molecule has 1 fully saturated rings. The van der Waals surface area contributed by atoms with Crippen LogP contribution in [0.3, 0.4) is 0 Å². The Labute approximate surface area is 166 Å². The third kappa shape index (κ3) is 3.71. The number of fused-ring (bicyclic) bond motifs is 1. The fourth-order valence-electron chi connectivity index (χ4n) is 3.09. The van der Waals surface area contributed by atoms with E-state index in [1.807, 2.05) is 24.3 Å². The Balaban J connectivity index is 1.47. The zero-order valence-electron chi connectivity index (χ0n) is 13.9. The lowest BCUT2D eigenvalue weighted by Gasteiger charge is -2.35. The third-order valence-electron chi connectivity index (χ3n) is 4.45. The standard InChI is InChI=1S/C18H16Cl3N5/c19-13-3-4-14(20)12(10-13)11-25-6-8-26(9-7-25)18-16(21)23-15-2-1-5-22-17(15)24-18/h1-5,10H,6-9,11H2. The van der Waals surface area contributed by atoms with Gasteiger partial charge in [-0.15, -0.1) is 0 Å². The lowest BCUT2D eigenvalue weighted by Crippen LogP contribution is -2.46. The molecule has 0 N–H and O–H groups in total. The van der Waals surface area contributed by atoms with E-state index in [2.05, 4.69) is 24.8 Å². The topological polar surface area (TPSA) is 45.2 Å². The van der Waals surface area contributed by atoms with E-state index in [1.165, 1.54) is 0 Å². The van der Waals surface area contributed by atoms with Crippen LogP contribution in [0.15, 0.2) is 36.5 Å². The summed E-state index contributed by atoms with van der Waals surface area (Å²) >= 11 is 18.7. The van der Waals surface area contributed by atoms with Gasteiger partial charge in [0, 0.05) is 49.0 Å². The number of rotatable bonds is 3. The number of hydrogen-bond acceptors (Lipinski definition) is 5. The van der Waals surface area contributed by atoms with Crippen LogP contribution in [0.4, 0.5) is 5.82 Å². The Bertz CT molecular complexity index is 941. The molecule has 1 aromatic carbocycles. The summed E-state index contributed by atoms with van der Waals surface area (Å²) in [5.41, 5.74) is 2.36. The molecule has 0 atom stereocenters. The Kier molecular flexibility index (Phi) is 5.14. The van der Waals surface area contributed by atoms with Gasteiger partial charge in [0.05, 0.1) is 0 Å². The van der Waals surface area contributed by atoms with Crippen molar-refractivity contribution >= 4 is 51.8 Å². The molecule has 0 amide bonds. The molecule has 1 aliphatic rings. The minimum absolute atomic E-state index is 0.414. The second-order valence-electron chi connectivity index (χ2n) is 6.18. The molecule has 0 radical (unpaired) electrons. The number of piperazine rings is 1. The molecule has 0 unspecified atom stereocenters. The molecule has 0 spiro atoms. The molecule has 3 aromatic rings. The Morgan fingerprint density at radius 2 is 1.77 bits per heavy atom. The fourth-order valence-corrected chi connectivity index (χ4v) is 3.71. The van der Waals surface area contributed by atoms with Crippen LogP contribution < -0.4 is 4.90 Å². The SMILES string of the molecule is Clc1ccc(Cl)c(CN2CCN(c3nc4ncccc4nc3Cl)CC2)c1. The van der Waals surface area contributed by atoms with E-state index < -0.39 is 0 Å². The highest BCUT2D eigenvalue weighted by Gasteiger charge is 2.22. The van der Waals surface area contributed by atoms with Gasteiger partial charge in [-0.05, 0) is 35.9 Å². The van der Waals surface area contributed by atoms with Crippen LogP contribution >= 0.6 is 34.8 Å². The van der Waals surface area contributed by atoms with Gasteiger partial charge >= 0.3 is 0 Å². The van der Waals surface area contributed by atoms with Gasteiger partial charge in [-0.3, -0.25) is 4.90 Å². The van der Waals surface area contributed by atoms with Crippen LogP contribution in [0.1, 0.15) is 5.56 Å². The van der Waals surface area contributed by atoms with Gasteiger partial charge in [0.2, 0.25) is 0 Å². The smallest absolute Gasteiger partial charge is 0.180 e. The van der Waals surface area contributed by atoms with Crippen molar-refractivity contribution in [3.8, 4) is 0 Å².